The molecule has 1 heterocycles. The van der Waals surface area contributed by atoms with Gasteiger partial charge in [0.2, 0.25) is 0 Å². The molecule has 108 valence electrons. The maximum atomic E-state index is 4.74. The maximum Gasteiger partial charge on any atom is 0.0547 e. The number of aromatic nitrogens is 1. The molecule has 0 aliphatic heterocycles. The summed E-state index contributed by atoms with van der Waals surface area (Å²) in [6.07, 6.45) is 3.69. The molecule has 19 heavy (non-hydrogen) atoms. The zero-order valence-corrected chi connectivity index (χ0v) is 12.8. The number of nitrogens with zero attached hydrogens (tertiary/aromatic N) is 2. The van der Waals surface area contributed by atoms with Gasteiger partial charge in [-0.3, -0.25) is 9.88 Å². The second-order valence-corrected chi connectivity index (χ2v) is 5.02. The third-order valence-corrected chi connectivity index (χ3v) is 3.26. The topological polar surface area (TPSA) is 28.2 Å². The van der Waals surface area contributed by atoms with Crippen molar-refractivity contribution in [3.8, 4) is 0 Å². The van der Waals surface area contributed by atoms with E-state index in [4.69, 9.17) is 4.98 Å². The van der Waals surface area contributed by atoms with Crippen LogP contribution < -0.4 is 5.32 Å². The molecule has 0 amide bonds. The first kappa shape index (κ1) is 16.1. The minimum absolute atomic E-state index is 0.878. The highest BCUT2D eigenvalue weighted by Gasteiger charge is 2.04. The van der Waals surface area contributed by atoms with E-state index >= 15 is 0 Å². The Bertz CT molecular complexity index is 339. The average molecular weight is 263 g/mol. The zero-order valence-electron chi connectivity index (χ0n) is 12.8. The van der Waals surface area contributed by atoms with E-state index in [9.17, 15) is 0 Å². The molecular formula is C16H29N3. The Kier molecular flexibility index (Phi) is 8.43. The van der Waals surface area contributed by atoms with E-state index in [2.05, 4.69) is 49.2 Å². The van der Waals surface area contributed by atoms with Crippen molar-refractivity contribution in [3.05, 3.63) is 29.6 Å². The summed E-state index contributed by atoms with van der Waals surface area (Å²) in [7, 11) is 0. The summed E-state index contributed by atoms with van der Waals surface area (Å²) >= 11 is 0. The van der Waals surface area contributed by atoms with Gasteiger partial charge in [0.05, 0.1) is 11.4 Å². The maximum absolute atomic E-state index is 4.74. The van der Waals surface area contributed by atoms with Crippen molar-refractivity contribution in [2.45, 2.75) is 53.1 Å². The molecule has 3 nitrogen and oxygen atoms in total. The number of unbranched alkanes of at least 4 members (excludes halogenated alkanes) is 1. The minimum Gasteiger partial charge on any atom is -0.311 e. The van der Waals surface area contributed by atoms with Gasteiger partial charge in [0.1, 0.15) is 0 Å². The summed E-state index contributed by atoms with van der Waals surface area (Å²) in [5, 5.41) is 3.40. The van der Waals surface area contributed by atoms with Gasteiger partial charge in [0.25, 0.3) is 0 Å². The van der Waals surface area contributed by atoms with Gasteiger partial charge in [-0.1, -0.05) is 33.3 Å². The van der Waals surface area contributed by atoms with Gasteiger partial charge in [0.15, 0.2) is 0 Å². The van der Waals surface area contributed by atoms with Crippen molar-refractivity contribution in [1.29, 1.82) is 0 Å². The van der Waals surface area contributed by atoms with Gasteiger partial charge in [-0.25, -0.2) is 0 Å². The van der Waals surface area contributed by atoms with Crippen LogP contribution in [0.3, 0.4) is 0 Å². The van der Waals surface area contributed by atoms with Crippen molar-refractivity contribution in [2.24, 2.45) is 0 Å². The first-order chi connectivity index (χ1) is 9.30. The normalized spacial score (nSPS) is 11.2. The van der Waals surface area contributed by atoms with Crippen LogP contribution in [0.5, 0.6) is 0 Å². The van der Waals surface area contributed by atoms with Crippen LogP contribution in [0.1, 0.15) is 51.4 Å². The van der Waals surface area contributed by atoms with Crippen LogP contribution in [0.25, 0.3) is 0 Å². The highest BCUT2D eigenvalue weighted by molar-refractivity contribution is 5.11. The Morgan fingerprint density at radius 3 is 2.58 bits per heavy atom. The first-order valence-corrected chi connectivity index (χ1v) is 7.68. The fourth-order valence-electron chi connectivity index (χ4n) is 2.07. The van der Waals surface area contributed by atoms with Gasteiger partial charge in [-0.05, 0) is 44.6 Å². The minimum atomic E-state index is 0.878. The lowest BCUT2D eigenvalue weighted by Gasteiger charge is -2.19. The number of hydrogen-bond acceptors (Lipinski definition) is 3. The van der Waals surface area contributed by atoms with Crippen LogP contribution in [0.4, 0.5) is 0 Å². The fourth-order valence-corrected chi connectivity index (χ4v) is 2.07. The van der Waals surface area contributed by atoms with Crippen LogP contribution in [-0.4, -0.2) is 29.5 Å². The zero-order chi connectivity index (χ0) is 13.9. The Labute approximate surface area is 118 Å². The Morgan fingerprint density at radius 2 is 1.89 bits per heavy atom. The monoisotopic (exact) mass is 263 g/mol. The predicted octanol–water partition coefficient (Wildman–Crippen LogP) is 3.20. The molecule has 0 aliphatic carbocycles. The Hall–Kier alpha value is -0.930. The summed E-state index contributed by atoms with van der Waals surface area (Å²) in [6, 6.07) is 6.37. The molecule has 0 atom stereocenters. The molecule has 0 radical (unpaired) electrons. The van der Waals surface area contributed by atoms with Crippen LogP contribution in [0.15, 0.2) is 18.2 Å². The summed E-state index contributed by atoms with van der Waals surface area (Å²) in [5.41, 5.74) is 2.34. The van der Waals surface area contributed by atoms with Crippen LogP contribution >= 0.6 is 0 Å². The SMILES string of the molecule is CCCCN(CC)Cc1cccc(CNCCC)n1. The largest absolute Gasteiger partial charge is 0.311 e. The highest BCUT2D eigenvalue weighted by Crippen LogP contribution is 2.05. The number of nitrogens with one attached hydrogen (secondary N) is 1. The van der Waals surface area contributed by atoms with Gasteiger partial charge < -0.3 is 5.32 Å². The number of pyridine rings is 1. The third kappa shape index (κ3) is 6.69. The smallest absolute Gasteiger partial charge is 0.0547 e. The quantitative estimate of drug-likeness (QED) is 0.657. The van der Waals surface area contributed by atoms with Gasteiger partial charge in [0, 0.05) is 13.1 Å². The molecule has 0 bridgehead atoms. The molecule has 0 spiro atoms. The van der Waals surface area contributed by atoms with E-state index in [0.29, 0.717) is 0 Å². The fraction of sp³-hybridized carbons (Fsp3) is 0.688. The molecule has 0 aromatic carbocycles. The Morgan fingerprint density at radius 1 is 1.11 bits per heavy atom. The van der Waals surface area contributed by atoms with E-state index in [-0.39, 0.29) is 0 Å². The molecule has 0 fully saturated rings. The van der Waals surface area contributed by atoms with E-state index in [0.717, 1.165) is 31.9 Å². The lowest BCUT2D eigenvalue weighted by atomic mass is 10.2. The average Bonchev–Trinajstić information content (AvgIpc) is 2.44. The van der Waals surface area contributed by atoms with Gasteiger partial charge >= 0.3 is 0 Å². The van der Waals surface area contributed by atoms with E-state index in [1.807, 2.05) is 0 Å². The summed E-state index contributed by atoms with van der Waals surface area (Å²) in [4.78, 5) is 7.20. The standard InChI is InChI=1S/C16H29N3/c1-4-7-12-19(6-3)14-16-10-8-9-15(18-16)13-17-11-5-2/h8-10,17H,4-7,11-14H2,1-3H3. The number of rotatable bonds is 10. The molecule has 3 heteroatoms. The molecule has 0 saturated carbocycles. The predicted molar refractivity (Wildman–Crippen MR) is 82.1 cm³/mol. The van der Waals surface area contributed by atoms with Crippen molar-refractivity contribution in [3.63, 3.8) is 0 Å². The molecule has 1 N–H and O–H groups in total. The van der Waals surface area contributed by atoms with Crippen molar-refractivity contribution in [1.82, 2.24) is 15.2 Å². The molecule has 0 unspecified atom stereocenters. The van der Waals surface area contributed by atoms with Crippen molar-refractivity contribution < 1.29 is 0 Å². The molecule has 1 aromatic heterocycles. The van der Waals surface area contributed by atoms with Crippen LogP contribution in [0.2, 0.25) is 0 Å². The molecule has 1 rings (SSSR count). The Balaban J connectivity index is 2.49. The summed E-state index contributed by atoms with van der Waals surface area (Å²) in [6.45, 7) is 11.8. The summed E-state index contributed by atoms with van der Waals surface area (Å²) in [5.74, 6) is 0. The van der Waals surface area contributed by atoms with E-state index < -0.39 is 0 Å². The molecular weight excluding hydrogens is 234 g/mol. The summed E-state index contributed by atoms with van der Waals surface area (Å²) < 4.78 is 0. The van der Waals surface area contributed by atoms with Crippen molar-refractivity contribution >= 4 is 0 Å². The van der Waals surface area contributed by atoms with Crippen molar-refractivity contribution in [2.75, 3.05) is 19.6 Å². The van der Waals surface area contributed by atoms with Crippen LogP contribution in [-0.2, 0) is 13.1 Å². The van der Waals surface area contributed by atoms with E-state index in [1.54, 1.807) is 0 Å². The lowest BCUT2D eigenvalue weighted by Crippen LogP contribution is -2.25. The van der Waals surface area contributed by atoms with Crippen LogP contribution in [0, 0.1) is 0 Å². The van der Waals surface area contributed by atoms with Gasteiger partial charge in [-0.15, -0.1) is 0 Å². The van der Waals surface area contributed by atoms with E-state index in [1.165, 1.54) is 31.5 Å². The number of hydrogen-bond donors (Lipinski definition) is 1. The molecule has 1 aromatic rings. The first-order valence-electron chi connectivity index (χ1n) is 7.68. The molecule has 0 saturated heterocycles. The lowest BCUT2D eigenvalue weighted by molar-refractivity contribution is 0.272. The molecule has 0 aliphatic rings. The third-order valence-electron chi connectivity index (χ3n) is 3.26. The second-order valence-electron chi connectivity index (χ2n) is 5.02. The highest BCUT2D eigenvalue weighted by atomic mass is 15.1. The van der Waals surface area contributed by atoms with Gasteiger partial charge in [-0.2, -0.15) is 0 Å². The second kappa shape index (κ2) is 9.93.